The Labute approximate surface area is 116 Å². The first-order chi connectivity index (χ1) is 9.15. The normalized spacial score (nSPS) is 10.9. The fraction of sp³-hybridized carbons (Fsp3) is 0.417. The highest BCUT2D eigenvalue weighted by Crippen LogP contribution is 2.14. The number of nitrogens with zero attached hydrogens (tertiary/aromatic N) is 1. The number of H-pyrrole nitrogens is 1. The van der Waals surface area contributed by atoms with E-state index in [4.69, 9.17) is 5.26 Å². The number of nitriles is 1. The minimum atomic E-state index is -3.58. The number of nitrogens with one attached hydrogen (secondary N) is 2. The molecule has 0 aliphatic heterocycles. The Hall–Kier alpha value is -2.14. The first-order valence-corrected chi connectivity index (χ1v) is 7.68. The number of amides is 1. The third-order valence-electron chi connectivity index (χ3n) is 2.82. The quantitative estimate of drug-likeness (QED) is 0.802. The maximum Gasteiger partial charge on any atom is 0.266 e. The predicted octanol–water partition coefficient (Wildman–Crippen LogP) is -0.128. The highest BCUT2D eigenvalue weighted by Gasteiger charge is 2.14. The van der Waals surface area contributed by atoms with Crippen molar-refractivity contribution in [3.8, 4) is 6.07 Å². The lowest BCUT2D eigenvalue weighted by molar-refractivity contribution is -0.119. The van der Waals surface area contributed by atoms with Crippen LogP contribution >= 0.6 is 0 Å². The average Bonchev–Trinajstić information content (AvgIpc) is 2.26. The molecule has 0 fully saturated rings. The molecule has 0 aliphatic rings. The standard InChI is InChI=1S/C12H15N3O4S/c1-7-9(4-5-11(16)15-20(3,18)19)8(2)14-12(17)10(7)6-13/h4-5H2,1-3H3,(H,14,17)(H,15,16). The summed E-state index contributed by atoms with van der Waals surface area (Å²) in [5.74, 6) is -0.629. The van der Waals surface area contributed by atoms with Crippen LogP contribution in [0.3, 0.4) is 0 Å². The van der Waals surface area contributed by atoms with Gasteiger partial charge in [0.25, 0.3) is 5.56 Å². The van der Waals surface area contributed by atoms with Gasteiger partial charge in [-0.25, -0.2) is 8.42 Å². The Bertz CT molecular complexity index is 741. The summed E-state index contributed by atoms with van der Waals surface area (Å²) in [4.78, 5) is 25.5. The van der Waals surface area contributed by atoms with Crippen molar-refractivity contribution in [3.05, 3.63) is 32.7 Å². The molecule has 0 radical (unpaired) electrons. The summed E-state index contributed by atoms with van der Waals surface area (Å²) >= 11 is 0. The van der Waals surface area contributed by atoms with Crippen LogP contribution in [0.1, 0.15) is 28.8 Å². The Balaban J connectivity index is 2.98. The summed E-state index contributed by atoms with van der Waals surface area (Å²) in [6.07, 6.45) is 1.09. The second kappa shape index (κ2) is 5.88. The zero-order valence-electron chi connectivity index (χ0n) is 11.4. The van der Waals surface area contributed by atoms with E-state index >= 15 is 0 Å². The van der Waals surface area contributed by atoms with Crippen molar-refractivity contribution < 1.29 is 13.2 Å². The zero-order chi connectivity index (χ0) is 15.5. The van der Waals surface area contributed by atoms with Gasteiger partial charge in [0, 0.05) is 12.1 Å². The van der Waals surface area contributed by atoms with E-state index in [1.54, 1.807) is 13.8 Å². The van der Waals surface area contributed by atoms with Crippen LogP contribution in [-0.2, 0) is 21.2 Å². The average molecular weight is 297 g/mol. The number of rotatable bonds is 4. The molecule has 2 N–H and O–H groups in total. The van der Waals surface area contributed by atoms with Crippen LogP contribution in [-0.4, -0.2) is 25.6 Å². The van der Waals surface area contributed by atoms with E-state index in [9.17, 15) is 18.0 Å². The van der Waals surface area contributed by atoms with Crippen LogP contribution in [0.2, 0.25) is 0 Å². The topological polar surface area (TPSA) is 120 Å². The van der Waals surface area contributed by atoms with Gasteiger partial charge in [-0.3, -0.25) is 14.3 Å². The van der Waals surface area contributed by atoms with Gasteiger partial charge in [0.05, 0.1) is 6.26 Å². The Morgan fingerprint density at radius 2 is 2.00 bits per heavy atom. The van der Waals surface area contributed by atoms with Crippen molar-refractivity contribution in [2.75, 3.05) is 6.26 Å². The molecule has 1 rings (SSSR count). The van der Waals surface area contributed by atoms with E-state index in [2.05, 4.69) is 4.98 Å². The van der Waals surface area contributed by atoms with E-state index < -0.39 is 21.5 Å². The number of carbonyl (C=O) groups is 1. The summed E-state index contributed by atoms with van der Waals surface area (Å²) in [6.45, 7) is 3.30. The highest BCUT2D eigenvalue weighted by atomic mass is 32.2. The van der Waals surface area contributed by atoms with Gasteiger partial charge >= 0.3 is 0 Å². The third-order valence-corrected chi connectivity index (χ3v) is 3.42. The maximum absolute atomic E-state index is 11.5. The number of hydrogen-bond donors (Lipinski definition) is 2. The lowest BCUT2D eigenvalue weighted by Gasteiger charge is -2.10. The molecule has 108 valence electrons. The number of hydrogen-bond acceptors (Lipinski definition) is 5. The SMILES string of the molecule is Cc1[nH]c(=O)c(C#N)c(C)c1CCC(=O)NS(C)(=O)=O. The highest BCUT2D eigenvalue weighted by molar-refractivity contribution is 7.89. The van der Waals surface area contributed by atoms with Gasteiger partial charge in [-0.15, -0.1) is 0 Å². The van der Waals surface area contributed by atoms with Crippen molar-refractivity contribution in [1.82, 2.24) is 9.71 Å². The van der Waals surface area contributed by atoms with Gasteiger partial charge in [0.2, 0.25) is 15.9 Å². The lowest BCUT2D eigenvalue weighted by atomic mass is 9.99. The van der Waals surface area contributed by atoms with Crippen LogP contribution in [0.15, 0.2) is 4.79 Å². The monoisotopic (exact) mass is 297 g/mol. The van der Waals surface area contributed by atoms with Crippen molar-refractivity contribution >= 4 is 15.9 Å². The molecule has 7 nitrogen and oxygen atoms in total. The second-order valence-electron chi connectivity index (χ2n) is 4.47. The fourth-order valence-corrected chi connectivity index (χ4v) is 2.43. The van der Waals surface area contributed by atoms with Crippen LogP contribution in [0.25, 0.3) is 0 Å². The Kier molecular flexibility index (Phi) is 4.68. The summed E-state index contributed by atoms with van der Waals surface area (Å²) in [5, 5.41) is 8.92. The molecular formula is C12H15N3O4S. The lowest BCUT2D eigenvalue weighted by Crippen LogP contribution is -2.29. The first-order valence-electron chi connectivity index (χ1n) is 5.78. The third kappa shape index (κ3) is 3.93. The van der Waals surface area contributed by atoms with Crippen molar-refractivity contribution in [1.29, 1.82) is 5.26 Å². The Morgan fingerprint density at radius 1 is 1.40 bits per heavy atom. The number of aryl methyl sites for hydroxylation is 1. The number of sulfonamides is 1. The molecule has 0 aliphatic carbocycles. The Morgan fingerprint density at radius 3 is 2.50 bits per heavy atom. The molecule has 1 aromatic heterocycles. The van der Waals surface area contributed by atoms with Gasteiger partial charge < -0.3 is 4.98 Å². The van der Waals surface area contributed by atoms with Crippen LogP contribution < -0.4 is 10.3 Å². The largest absolute Gasteiger partial charge is 0.325 e. The van der Waals surface area contributed by atoms with Gasteiger partial charge in [-0.2, -0.15) is 5.26 Å². The van der Waals surface area contributed by atoms with Crippen molar-refractivity contribution in [2.24, 2.45) is 0 Å². The summed E-state index contributed by atoms with van der Waals surface area (Å²) in [5.41, 5.74) is 1.30. The second-order valence-corrected chi connectivity index (χ2v) is 6.22. The predicted molar refractivity (Wildman–Crippen MR) is 72.6 cm³/mol. The molecule has 0 saturated carbocycles. The van der Waals surface area contributed by atoms with E-state index in [0.29, 0.717) is 16.8 Å². The zero-order valence-corrected chi connectivity index (χ0v) is 12.2. The van der Waals surface area contributed by atoms with E-state index in [0.717, 1.165) is 6.26 Å². The molecule has 1 amide bonds. The maximum atomic E-state index is 11.5. The molecule has 0 saturated heterocycles. The molecule has 0 aromatic carbocycles. The molecular weight excluding hydrogens is 282 g/mol. The number of aromatic amines is 1. The summed E-state index contributed by atoms with van der Waals surface area (Å²) < 4.78 is 23.7. The van der Waals surface area contributed by atoms with E-state index in [1.807, 2.05) is 10.8 Å². The molecule has 8 heteroatoms. The van der Waals surface area contributed by atoms with Crippen LogP contribution in [0, 0.1) is 25.2 Å². The minimum Gasteiger partial charge on any atom is -0.325 e. The number of aromatic nitrogens is 1. The molecule has 1 heterocycles. The molecule has 1 aromatic rings. The molecule has 20 heavy (non-hydrogen) atoms. The van der Waals surface area contributed by atoms with Gasteiger partial charge in [-0.05, 0) is 31.4 Å². The van der Waals surface area contributed by atoms with Gasteiger partial charge in [-0.1, -0.05) is 0 Å². The number of pyridine rings is 1. The van der Waals surface area contributed by atoms with Crippen LogP contribution in [0.5, 0.6) is 0 Å². The number of carbonyl (C=O) groups excluding carboxylic acids is 1. The van der Waals surface area contributed by atoms with E-state index in [-0.39, 0.29) is 18.4 Å². The minimum absolute atomic E-state index is 0.00845. The summed E-state index contributed by atoms with van der Waals surface area (Å²) in [7, 11) is -3.58. The first kappa shape index (κ1) is 15.9. The van der Waals surface area contributed by atoms with Crippen molar-refractivity contribution in [2.45, 2.75) is 26.7 Å². The molecule has 0 bridgehead atoms. The summed E-state index contributed by atoms with van der Waals surface area (Å²) in [6, 6.07) is 1.82. The fourth-order valence-electron chi connectivity index (χ4n) is 1.92. The van der Waals surface area contributed by atoms with E-state index in [1.165, 1.54) is 0 Å². The van der Waals surface area contributed by atoms with Gasteiger partial charge in [0.15, 0.2) is 0 Å². The van der Waals surface area contributed by atoms with Gasteiger partial charge in [0.1, 0.15) is 11.6 Å². The van der Waals surface area contributed by atoms with Crippen molar-refractivity contribution in [3.63, 3.8) is 0 Å². The molecule has 0 atom stereocenters. The smallest absolute Gasteiger partial charge is 0.266 e. The van der Waals surface area contributed by atoms with Crippen LogP contribution in [0.4, 0.5) is 0 Å². The molecule has 0 spiro atoms. The molecule has 0 unspecified atom stereocenters.